The third-order valence-corrected chi connectivity index (χ3v) is 4.74. The van der Waals surface area contributed by atoms with E-state index in [1.807, 2.05) is 24.3 Å². The van der Waals surface area contributed by atoms with E-state index in [1.165, 1.54) is 0 Å². The van der Waals surface area contributed by atoms with E-state index < -0.39 is 10.8 Å². The van der Waals surface area contributed by atoms with Crippen molar-refractivity contribution in [2.75, 3.05) is 24.6 Å². The third-order valence-electron chi connectivity index (χ3n) is 2.82. The highest BCUT2D eigenvalue weighted by atomic mass is 79.9. The minimum absolute atomic E-state index is 0.0443. The van der Waals surface area contributed by atoms with Crippen molar-refractivity contribution in [1.29, 1.82) is 0 Å². The molecule has 0 aromatic heterocycles. The quantitative estimate of drug-likeness (QED) is 0.780. The van der Waals surface area contributed by atoms with Gasteiger partial charge in [-0.15, -0.1) is 0 Å². The predicted octanol–water partition coefficient (Wildman–Crippen LogP) is 1.79. The van der Waals surface area contributed by atoms with Gasteiger partial charge in [0.1, 0.15) is 0 Å². The van der Waals surface area contributed by atoms with Crippen LogP contribution in [0, 0.1) is 0 Å². The molecule has 0 atom stereocenters. The lowest BCUT2D eigenvalue weighted by Crippen LogP contribution is -2.41. The Kier molecular flexibility index (Phi) is 4.34. The molecule has 3 nitrogen and oxygen atoms in total. The second kappa shape index (κ2) is 5.78. The van der Waals surface area contributed by atoms with Crippen LogP contribution in [-0.2, 0) is 16.1 Å². The van der Waals surface area contributed by atoms with Gasteiger partial charge < -0.3 is 4.90 Å². The fourth-order valence-corrected chi connectivity index (χ4v) is 3.19. The van der Waals surface area contributed by atoms with E-state index in [0.717, 1.165) is 10.9 Å². The highest BCUT2D eigenvalue weighted by Gasteiger charge is 2.20. The van der Waals surface area contributed by atoms with Crippen LogP contribution in [0.4, 0.5) is 0 Å². The molecule has 1 fully saturated rings. The molecule has 0 radical (unpaired) electrons. The summed E-state index contributed by atoms with van der Waals surface area (Å²) in [6.45, 7) is 1.21. The van der Waals surface area contributed by atoms with Gasteiger partial charge in [-0.3, -0.25) is 9.00 Å². The molecule has 0 saturated carbocycles. The Morgan fingerprint density at radius 3 is 2.35 bits per heavy atom. The molecule has 0 spiro atoms. The van der Waals surface area contributed by atoms with Crippen molar-refractivity contribution in [2.45, 2.75) is 5.33 Å². The summed E-state index contributed by atoms with van der Waals surface area (Å²) in [7, 11) is -0.739. The molecule has 1 aromatic rings. The Bertz CT molecular complexity index is 423. The maximum Gasteiger partial charge on any atom is 0.253 e. The Morgan fingerprint density at radius 1 is 1.24 bits per heavy atom. The topological polar surface area (TPSA) is 37.4 Å². The van der Waals surface area contributed by atoms with Crippen molar-refractivity contribution in [1.82, 2.24) is 4.90 Å². The van der Waals surface area contributed by atoms with Gasteiger partial charge in [-0.25, -0.2) is 0 Å². The number of benzene rings is 1. The van der Waals surface area contributed by atoms with Crippen molar-refractivity contribution >= 4 is 32.6 Å². The Labute approximate surface area is 112 Å². The highest BCUT2D eigenvalue weighted by Crippen LogP contribution is 2.11. The first-order valence-corrected chi connectivity index (χ1v) is 8.11. The van der Waals surface area contributed by atoms with Gasteiger partial charge in [-0.1, -0.05) is 28.1 Å². The van der Waals surface area contributed by atoms with Gasteiger partial charge >= 0.3 is 0 Å². The van der Waals surface area contributed by atoms with Crippen molar-refractivity contribution in [2.24, 2.45) is 0 Å². The molecule has 1 aliphatic rings. The Morgan fingerprint density at radius 2 is 1.82 bits per heavy atom. The van der Waals surface area contributed by atoms with Crippen LogP contribution in [0.1, 0.15) is 15.9 Å². The lowest BCUT2D eigenvalue weighted by molar-refractivity contribution is 0.0771. The van der Waals surface area contributed by atoms with Crippen LogP contribution in [0.2, 0.25) is 0 Å². The first kappa shape index (κ1) is 12.8. The van der Waals surface area contributed by atoms with Gasteiger partial charge in [0.05, 0.1) is 0 Å². The zero-order chi connectivity index (χ0) is 12.3. The highest BCUT2D eigenvalue weighted by molar-refractivity contribution is 9.08. The third kappa shape index (κ3) is 3.16. The molecule has 0 aliphatic carbocycles. The van der Waals surface area contributed by atoms with Gasteiger partial charge in [-0.2, -0.15) is 0 Å². The number of carbonyl (C=O) groups excluding carboxylic acids is 1. The number of hydrogen-bond donors (Lipinski definition) is 0. The summed E-state index contributed by atoms with van der Waals surface area (Å²) in [5, 5.41) is 0.796. The molecule has 1 heterocycles. The van der Waals surface area contributed by atoms with Crippen molar-refractivity contribution in [3.63, 3.8) is 0 Å². The Balaban J connectivity index is 2.05. The fourth-order valence-electron chi connectivity index (χ4n) is 1.76. The number of alkyl halides is 1. The summed E-state index contributed by atoms with van der Waals surface area (Å²) in [4.78, 5) is 13.9. The number of carbonyl (C=O) groups is 1. The minimum atomic E-state index is -0.739. The van der Waals surface area contributed by atoms with Crippen molar-refractivity contribution < 1.29 is 9.00 Å². The molecule has 17 heavy (non-hydrogen) atoms. The molecular weight excluding hydrogens is 302 g/mol. The van der Waals surface area contributed by atoms with Gasteiger partial charge in [-0.05, 0) is 17.7 Å². The number of amides is 1. The zero-order valence-corrected chi connectivity index (χ0v) is 11.8. The normalized spacial score (nSPS) is 17.1. The first-order valence-electron chi connectivity index (χ1n) is 5.50. The summed E-state index contributed by atoms with van der Waals surface area (Å²) in [6.07, 6.45) is 0. The van der Waals surface area contributed by atoms with E-state index in [-0.39, 0.29) is 5.91 Å². The summed E-state index contributed by atoms with van der Waals surface area (Å²) >= 11 is 3.37. The van der Waals surface area contributed by atoms with E-state index in [1.54, 1.807) is 4.90 Å². The molecular formula is C12H14BrNO2S. The minimum Gasteiger partial charge on any atom is -0.337 e. The van der Waals surface area contributed by atoms with E-state index in [4.69, 9.17) is 0 Å². The molecule has 0 N–H and O–H groups in total. The lowest BCUT2D eigenvalue weighted by atomic mass is 10.1. The van der Waals surface area contributed by atoms with Gasteiger partial charge in [0.25, 0.3) is 5.91 Å². The maximum atomic E-state index is 12.1. The van der Waals surface area contributed by atoms with Crippen LogP contribution < -0.4 is 0 Å². The van der Waals surface area contributed by atoms with Gasteiger partial charge in [0.2, 0.25) is 0 Å². The van der Waals surface area contributed by atoms with E-state index >= 15 is 0 Å². The molecule has 0 unspecified atom stereocenters. The van der Waals surface area contributed by atoms with E-state index in [9.17, 15) is 9.00 Å². The largest absolute Gasteiger partial charge is 0.337 e. The SMILES string of the molecule is O=C(c1ccc(CBr)cc1)N1CCS(=O)CC1. The van der Waals surface area contributed by atoms with E-state index in [0.29, 0.717) is 30.2 Å². The maximum absolute atomic E-state index is 12.1. The summed E-state index contributed by atoms with van der Waals surface area (Å²) in [6, 6.07) is 7.60. The smallest absolute Gasteiger partial charge is 0.253 e. The predicted molar refractivity (Wildman–Crippen MR) is 72.9 cm³/mol. The average molecular weight is 316 g/mol. The summed E-state index contributed by atoms with van der Waals surface area (Å²) < 4.78 is 11.2. The lowest BCUT2D eigenvalue weighted by Gasteiger charge is -2.26. The van der Waals surface area contributed by atoms with Crippen LogP contribution in [0.25, 0.3) is 0 Å². The fraction of sp³-hybridized carbons (Fsp3) is 0.417. The van der Waals surface area contributed by atoms with Crippen LogP contribution in [0.3, 0.4) is 0 Å². The molecule has 5 heteroatoms. The van der Waals surface area contributed by atoms with E-state index in [2.05, 4.69) is 15.9 Å². The second-order valence-corrected chi connectivity index (χ2v) is 6.23. The monoisotopic (exact) mass is 315 g/mol. The summed E-state index contributed by atoms with van der Waals surface area (Å²) in [5.41, 5.74) is 1.86. The average Bonchev–Trinajstić information content (AvgIpc) is 2.39. The van der Waals surface area contributed by atoms with Crippen molar-refractivity contribution in [3.8, 4) is 0 Å². The number of hydrogen-bond acceptors (Lipinski definition) is 2. The molecule has 1 aliphatic heterocycles. The number of halogens is 1. The van der Waals surface area contributed by atoms with Crippen LogP contribution in [-0.4, -0.2) is 39.6 Å². The van der Waals surface area contributed by atoms with Crippen LogP contribution >= 0.6 is 15.9 Å². The molecule has 1 amide bonds. The number of nitrogens with zero attached hydrogens (tertiary/aromatic N) is 1. The van der Waals surface area contributed by atoms with Crippen LogP contribution in [0.15, 0.2) is 24.3 Å². The molecule has 0 bridgehead atoms. The Hall–Kier alpha value is -0.680. The molecule has 1 aromatic carbocycles. The summed E-state index contributed by atoms with van der Waals surface area (Å²) in [5.74, 6) is 1.25. The standard InChI is InChI=1S/C12H14BrNO2S/c13-9-10-1-3-11(4-2-10)12(15)14-5-7-17(16)8-6-14/h1-4H,5-9H2. The molecule has 2 rings (SSSR count). The van der Waals surface area contributed by atoms with Gasteiger partial charge in [0, 0.05) is 46.3 Å². The van der Waals surface area contributed by atoms with Crippen LogP contribution in [0.5, 0.6) is 0 Å². The number of rotatable bonds is 2. The first-order chi connectivity index (χ1) is 8.20. The van der Waals surface area contributed by atoms with Crippen molar-refractivity contribution in [3.05, 3.63) is 35.4 Å². The zero-order valence-electron chi connectivity index (χ0n) is 9.39. The second-order valence-electron chi connectivity index (χ2n) is 3.97. The van der Waals surface area contributed by atoms with Gasteiger partial charge in [0.15, 0.2) is 0 Å². The molecule has 1 saturated heterocycles. The molecule has 92 valence electrons.